The molecule has 2 atom stereocenters. The molecule has 0 aliphatic heterocycles. The Kier molecular flexibility index (Phi) is 4.52. The second-order valence-corrected chi connectivity index (χ2v) is 5.29. The molecule has 2 rings (SSSR count). The predicted octanol–water partition coefficient (Wildman–Crippen LogP) is 5.29. The molecule has 0 fully saturated rings. The van der Waals surface area contributed by atoms with Gasteiger partial charge in [-0.1, -0.05) is 30.4 Å². The first-order chi connectivity index (χ1) is 9.13. The predicted molar refractivity (Wildman–Crippen MR) is 75.1 cm³/mol. The Labute approximate surface area is 113 Å². The minimum atomic E-state index is -0.709. The van der Waals surface area contributed by atoms with Crippen LogP contribution < -0.4 is 0 Å². The van der Waals surface area contributed by atoms with Crippen molar-refractivity contribution in [2.45, 2.75) is 38.5 Å². The topological polar surface area (TPSA) is 0 Å². The molecule has 0 radical (unpaired) electrons. The second-order valence-electron chi connectivity index (χ2n) is 5.29. The van der Waals surface area contributed by atoms with Gasteiger partial charge in [0.1, 0.15) is 0 Å². The molecular formula is C17H20F2. The molecule has 0 aromatic heterocycles. The molecule has 0 amide bonds. The number of benzene rings is 1. The number of allylic oxidation sites excluding steroid dienone is 3. The van der Waals surface area contributed by atoms with Crippen molar-refractivity contribution in [3.8, 4) is 0 Å². The molecule has 19 heavy (non-hydrogen) atoms. The van der Waals surface area contributed by atoms with E-state index in [0.29, 0.717) is 17.0 Å². The van der Waals surface area contributed by atoms with Gasteiger partial charge in [0.05, 0.1) is 0 Å². The van der Waals surface area contributed by atoms with Crippen LogP contribution >= 0.6 is 0 Å². The third-order valence-corrected chi connectivity index (χ3v) is 3.91. The lowest BCUT2D eigenvalue weighted by molar-refractivity contribution is 0.457. The minimum Gasteiger partial charge on any atom is -0.203 e. The summed E-state index contributed by atoms with van der Waals surface area (Å²) in [6.45, 7) is 5.31. The zero-order valence-electron chi connectivity index (χ0n) is 11.3. The Balaban J connectivity index is 2.13. The third kappa shape index (κ3) is 3.12. The van der Waals surface area contributed by atoms with E-state index in [4.69, 9.17) is 0 Å². The standard InChI is InChI=1S/C17H20F2/c1-3-4-5-13-7-9-14(10-8-13)15-11-6-12(2)16(18)17(15)19/h3,6-7,9,11,13-14H,1,4-5,8,10H2,2H3. The van der Waals surface area contributed by atoms with Crippen LogP contribution in [0.3, 0.4) is 0 Å². The first-order valence-electron chi connectivity index (χ1n) is 6.87. The Bertz CT molecular complexity index is 488. The summed E-state index contributed by atoms with van der Waals surface area (Å²) < 4.78 is 27.5. The maximum Gasteiger partial charge on any atom is 0.162 e. The Morgan fingerprint density at radius 1 is 1.21 bits per heavy atom. The molecule has 0 bridgehead atoms. The number of hydrogen-bond donors (Lipinski definition) is 0. The zero-order chi connectivity index (χ0) is 13.8. The van der Waals surface area contributed by atoms with Crippen LogP contribution in [0.1, 0.15) is 42.7 Å². The number of halogens is 2. The molecule has 0 nitrogen and oxygen atoms in total. The van der Waals surface area contributed by atoms with Gasteiger partial charge in [0.25, 0.3) is 0 Å². The first kappa shape index (κ1) is 14.0. The Morgan fingerprint density at radius 3 is 2.63 bits per heavy atom. The highest BCUT2D eigenvalue weighted by molar-refractivity contribution is 5.31. The molecule has 1 aromatic carbocycles. The maximum atomic E-state index is 13.9. The molecule has 0 saturated heterocycles. The van der Waals surface area contributed by atoms with E-state index in [-0.39, 0.29) is 5.92 Å². The van der Waals surface area contributed by atoms with E-state index in [1.807, 2.05) is 12.2 Å². The van der Waals surface area contributed by atoms with Crippen molar-refractivity contribution in [2.24, 2.45) is 5.92 Å². The lowest BCUT2D eigenvalue weighted by atomic mass is 9.82. The van der Waals surface area contributed by atoms with Gasteiger partial charge in [-0.2, -0.15) is 0 Å². The van der Waals surface area contributed by atoms with Gasteiger partial charge < -0.3 is 0 Å². The van der Waals surface area contributed by atoms with E-state index >= 15 is 0 Å². The number of hydrogen-bond acceptors (Lipinski definition) is 0. The van der Waals surface area contributed by atoms with Crippen molar-refractivity contribution in [1.82, 2.24) is 0 Å². The van der Waals surface area contributed by atoms with Gasteiger partial charge in [0.2, 0.25) is 0 Å². The summed E-state index contributed by atoms with van der Waals surface area (Å²) in [5.74, 6) is -0.832. The molecule has 1 aliphatic rings. The van der Waals surface area contributed by atoms with Crippen LogP contribution in [0.4, 0.5) is 8.78 Å². The molecule has 2 heteroatoms. The highest BCUT2D eigenvalue weighted by atomic mass is 19.2. The van der Waals surface area contributed by atoms with E-state index in [1.165, 1.54) is 0 Å². The van der Waals surface area contributed by atoms with Crippen LogP contribution in [0.2, 0.25) is 0 Å². The van der Waals surface area contributed by atoms with Crippen molar-refractivity contribution in [2.75, 3.05) is 0 Å². The summed E-state index contributed by atoms with van der Waals surface area (Å²) in [5, 5.41) is 0. The monoisotopic (exact) mass is 262 g/mol. The van der Waals surface area contributed by atoms with Gasteiger partial charge in [-0.15, -0.1) is 6.58 Å². The Hall–Kier alpha value is -1.44. The van der Waals surface area contributed by atoms with Crippen molar-refractivity contribution in [3.05, 3.63) is 59.7 Å². The first-order valence-corrected chi connectivity index (χ1v) is 6.87. The largest absolute Gasteiger partial charge is 0.203 e. The second kappa shape index (κ2) is 6.14. The summed E-state index contributed by atoms with van der Waals surface area (Å²) in [7, 11) is 0. The molecule has 0 spiro atoms. The molecule has 102 valence electrons. The van der Waals surface area contributed by atoms with Crippen LogP contribution in [-0.4, -0.2) is 0 Å². The molecule has 1 aliphatic carbocycles. The smallest absolute Gasteiger partial charge is 0.162 e. The number of rotatable bonds is 4. The fraction of sp³-hybridized carbons (Fsp3) is 0.412. The van der Waals surface area contributed by atoms with E-state index in [0.717, 1.165) is 25.7 Å². The van der Waals surface area contributed by atoms with Crippen molar-refractivity contribution >= 4 is 0 Å². The van der Waals surface area contributed by atoms with Crippen LogP contribution in [0.25, 0.3) is 0 Å². The van der Waals surface area contributed by atoms with Crippen molar-refractivity contribution < 1.29 is 8.78 Å². The molecule has 2 unspecified atom stereocenters. The summed E-state index contributed by atoms with van der Waals surface area (Å²) in [4.78, 5) is 0. The normalized spacial score (nSPS) is 22.5. The van der Waals surface area contributed by atoms with Crippen LogP contribution in [0.15, 0.2) is 36.9 Å². The van der Waals surface area contributed by atoms with Gasteiger partial charge in [-0.05, 0) is 49.7 Å². The van der Waals surface area contributed by atoms with Crippen LogP contribution in [0.5, 0.6) is 0 Å². The average Bonchev–Trinajstić information content (AvgIpc) is 2.44. The maximum absolute atomic E-state index is 13.9. The number of aryl methyl sites for hydroxylation is 1. The summed E-state index contributed by atoms with van der Waals surface area (Å²) in [6, 6.07) is 3.37. The lowest BCUT2D eigenvalue weighted by Crippen LogP contribution is -2.10. The van der Waals surface area contributed by atoms with E-state index in [9.17, 15) is 8.78 Å². The van der Waals surface area contributed by atoms with E-state index in [1.54, 1.807) is 19.1 Å². The van der Waals surface area contributed by atoms with Gasteiger partial charge in [-0.25, -0.2) is 8.78 Å². The van der Waals surface area contributed by atoms with Gasteiger partial charge in [-0.3, -0.25) is 0 Å². The summed E-state index contributed by atoms with van der Waals surface area (Å²) in [6.07, 6.45) is 10.1. The van der Waals surface area contributed by atoms with Crippen molar-refractivity contribution in [3.63, 3.8) is 0 Å². The fourth-order valence-electron chi connectivity index (χ4n) is 2.66. The van der Waals surface area contributed by atoms with Crippen LogP contribution in [0, 0.1) is 24.5 Å². The molecule has 0 heterocycles. The van der Waals surface area contributed by atoms with Gasteiger partial charge in [0.15, 0.2) is 11.6 Å². The third-order valence-electron chi connectivity index (χ3n) is 3.91. The lowest BCUT2D eigenvalue weighted by Gasteiger charge is -2.23. The summed E-state index contributed by atoms with van der Waals surface area (Å²) >= 11 is 0. The highest BCUT2D eigenvalue weighted by Gasteiger charge is 2.21. The molecule has 0 N–H and O–H groups in total. The minimum absolute atomic E-state index is 0.00933. The Morgan fingerprint density at radius 2 is 2.00 bits per heavy atom. The van der Waals surface area contributed by atoms with Crippen LogP contribution in [-0.2, 0) is 0 Å². The highest BCUT2D eigenvalue weighted by Crippen LogP contribution is 2.34. The molecule has 0 saturated carbocycles. The summed E-state index contributed by atoms with van der Waals surface area (Å²) in [5.41, 5.74) is 0.853. The van der Waals surface area contributed by atoms with E-state index in [2.05, 4.69) is 12.7 Å². The average molecular weight is 262 g/mol. The van der Waals surface area contributed by atoms with Gasteiger partial charge in [0, 0.05) is 5.92 Å². The fourth-order valence-corrected chi connectivity index (χ4v) is 2.66. The van der Waals surface area contributed by atoms with Gasteiger partial charge >= 0.3 is 0 Å². The SMILES string of the molecule is C=CCCC1C=CC(c2ccc(C)c(F)c2F)CC1. The van der Waals surface area contributed by atoms with Crippen molar-refractivity contribution in [1.29, 1.82) is 0 Å². The molecule has 1 aromatic rings. The zero-order valence-corrected chi connectivity index (χ0v) is 11.3. The quantitative estimate of drug-likeness (QED) is 0.647. The van der Waals surface area contributed by atoms with E-state index < -0.39 is 11.6 Å². The molecular weight excluding hydrogens is 242 g/mol.